The highest BCUT2D eigenvalue weighted by Gasteiger charge is 2.21. The van der Waals surface area contributed by atoms with Gasteiger partial charge in [0.05, 0.1) is 22.8 Å². The number of hydrogen-bond donors (Lipinski definition) is 1. The lowest BCUT2D eigenvalue weighted by atomic mass is 10.0. The lowest BCUT2D eigenvalue weighted by Crippen LogP contribution is -2.34. The summed E-state index contributed by atoms with van der Waals surface area (Å²) in [6.07, 6.45) is 4.13. The molecule has 8 heteroatoms. The molecular weight excluding hydrogens is 438 g/mol. The van der Waals surface area contributed by atoms with Crippen LogP contribution in [0.15, 0.2) is 65.6 Å². The molecule has 0 saturated carbocycles. The summed E-state index contributed by atoms with van der Waals surface area (Å²) in [7, 11) is 0. The van der Waals surface area contributed by atoms with E-state index in [1.54, 1.807) is 12.1 Å². The fourth-order valence-electron chi connectivity index (χ4n) is 4.18. The summed E-state index contributed by atoms with van der Waals surface area (Å²) in [5.41, 5.74) is 4.21. The highest BCUT2D eigenvalue weighted by Crippen LogP contribution is 2.35. The summed E-state index contributed by atoms with van der Waals surface area (Å²) >= 11 is 0. The Morgan fingerprint density at radius 2 is 1.79 bits per heavy atom. The minimum atomic E-state index is -0.114. The van der Waals surface area contributed by atoms with Crippen LogP contribution in [0.1, 0.15) is 32.7 Å². The van der Waals surface area contributed by atoms with E-state index in [4.69, 9.17) is 14.9 Å². The lowest BCUT2D eigenvalue weighted by molar-refractivity contribution is 0.162. The number of fused-ring (bicyclic) bond motifs is 1. The van der Waals surface area contributed by atoms with Gasteiger partial charge in [-0.25, -0.2) is 9.20 Å². The Morgan fingerprint density at radius 1 is 1.03 bits per heavy atom. The second-order valence-electron chi connectivity index (χ2n) is 8.44. The van der Waals surface area contributed by atoms with Crippen molar-refractivity contribution in [1.82, 2.24) is 24.7 Å². The zero-order valence-electron chi connectivity index (χ0n) is 18.8. The molecular formula is C25H28ClN5O2. The molecule has 1 aliphatic heterocycles. The fraction of sp³-hybridized carbons (Fsp3) is 0.320. The third kappa shape index (κ3) is 4.65. The predicted molar refractivity (Wildman–Crippen MR) is 132 cm³/mol. The summed E-state index contributed by atoms with van der Waals surface area (Å²) in [5, 5.41) is 12.9. The largest absolute Gasteiger partial charge is 0.490 e. The molecule has 7 nitrogen and oxygen atoms in total. The molecule has 33 heavy (non-hydrogen) atoms. The van der Waals surface area contributed by atoms with E-state index < -0.39 is 0 Å². The van der Waals surface area contributed by atoms with E-state index in [9.17, 15) is 4.79 Å². The van der Waals surface area contributed by atoms with Crippen LogP contribution in [0, 0.1) is 0 Å². The highest BCUT2D eigenvalue weighted by atomic mass is 35.5. The third-order valence-electron chi connectivity index (χ3n) is 5.81. The first-order valence-corrected chi connectivity index (χ1v) is 11.2. The van der Waals surface area contributed by atoms with E-state index in [1.165, 1.54) is 4.68 Å². The molecule has 0 aliphatic carbocycles. The van der Waals surface area contributed by atoms with Gasteiger partial charge < -0.3 is 10.1 Å². The van der Waals surface area contributed by atoms with E-state index in [2.05, 4.69) is 5.32 Å². The molecule has 1 saturated heterocycles. The number of nitrogens with one attached hydrogen (secondary N) is 1. The first kappa shape index (κ1) is 23.0. The smallest absolute Gasteiger partial charge is 0.267 e. The van der Waals surface area contributed by atoms with Gasteiger partial charge in [0.1, 0.15) is 17.5 Å². The molecule has 0 bridgehead atoms. The molecule has 0 spiro atoms. The molecule has 172 valence electrons. The summed E-state index contributed by atoms with van der Waals surface area (Å²) in [6.45, 7) is 5.86. The fourth-order valence-corrected chi connectivity index (χ4v) is 4.18. The van der Waals surface area contributed by atoms with Gasteiger partial charge >= 0.3 is 0 Å². The zero-order valence-corrected chi connectivity index (χ0v) is 19.6. The molecule has 0 unspecified atom stereocenters. The second-order valence-corrected chi connectivity index (χ2v) is 8.44. The van der Waals surface area contributed by atoms with Gasteiger partial charge in [0.15, 0.2) is 0 Å². The molecule has 0 radical (unpaired) electrons. The third-order valence-corrected chi connectivity index (χ3v) is 5.81. The normalized spacial score (nSPS) is 14.4. The molecule has 5 rings (SSSR count). The predicted octanol–water partition coefficient (Wildman–Crippen LogP) is 4.36. The molecule has 3 aromatic heterocycles. The van der Waals surface area contributed by atoms with Crippen LogP contribution in [0.2, 0.25) is 0 Å². The molecule has 1 aromatic carbocycles. The first-order valence-electron chi connectivity index (χ1n) is 11.2. The van der Waals surface area contributed by atoms with Crippen LogP contribution in [0.4, 0.5) is 0 Å². The minimum Gasteiger partial charge on any atom is -0.490 e. The van der Waals surface area contributed by atoms with Crippen molar-refractivity contribution < 1.29 is 4.74 Å². The average molecular weight is 466 g/mol. The quantitative estimate of drug-likeness (QED) is 0.474. The summed E-state index contributed by atoms with van der Waals surface area (Å²) < 4.78 is 9.67. The highest BCUT2D eigenvalue weighted by molar-refractivity contribution is 5.91. The molecule has 4 heterocycles. The standard InChI is InChI=1S/C25H27N5O2.ClH/c1-17(2)30-23(31)9-8-21(27-30)24-22-16-20(32-19-10-13-26-14-11-19)12-15-29(22)28-25(24)18-6-4-3-5-7-18;/h3-9,12,15-17,19,26H,10-11,13-14H2,1-2H3;1H. The maximum absolute atomic E-state index is 12.3. The molecule has 1 fully saturated rings. The first-order chi connectivity index (χ1) is 15.6. The van der Waals surface area contributed by atoms with Gasteiger partial charge in [-0.3, -0.25) is 4.79 Å². The molecule has 4 aromatic rings. The zero-order chi connectivity index (χ0) is 22.1. The molecule has 1 N–H and O–H groups in total. The van der Waals surface area contributed by atoms with Gasteiger partial charge in [0.2, 0.25) is 0 Å². The minimum absolute atomic E-state index is 0. The summed E-state index contributed by atoms with van der Waals surface area (Å²) in [4.78, 5) is 12.3. The van der Waals surface area contributed by atoms with E-state index >= 15 is 0 Å². The van der Waals surface area contributed by atoms with Crippen molar-refractivity contribution in [2.75, 3.05) is 13.1 Å². The Balaban J connectivity index is 0.00000259. The van der Waals surface area contributed by atoms with Crippen LogP contribution >= 0.6 is 12.4 Å². The Morgan fingerprint density at radius 3 is 2.52 bits per heavy atom. The van der Waals surface area contributed by atoms with Crippen molar-refractivity contribution in [3.63, 3.8) is 0 Å². The average Bonchev–Trinajstić information content (AvgIpc) is 3.19. The molecule has 0 amide bonds. The maximum atomic E-state index is 12.3. The Hall–Kier alpha value is -3.16. The number of piperidine rings is 1. The van der Waals surface area contributed by atoms with E-state index in [1.807, 2.05) is 67.0 Å². The van der Waals surface area contributed by atoms with Crippen LogP contribution in [0.5, 0.6) is 5.75 Å². The Labute approximate surface area is 198 Å². The monoisotopic (exact) mass is 465 g/mol. The van der Waals surface area contributed by atoms with Gasteiger partial charge in [-0.15, -0.1) is 12.4 Å². The number of benzene rings is 1. The maximum Gasteiger partial charge on any atom is 0.267 e. The molecule has 1 aliphatic rings. The van der Waals surface area contributed by atoms with Crippen molar-refractivity contribution in [1.29, 1.82) is 0 Å². The SMILES string of the molecule is CC(C)n1nc(-c2c(-c3ccccc3)nn3ccc(OC4CCNCC4)cc23)ccc1=O.Cl. The van der Waals surface area contributed by atoms with Gasteiger partial charge in [0, 0.05) is 23.9 Å². The van der Waals surface area contributed by atoms with Crippen LogP contribution in [0.3, 0.4) is 0 Å². The Kier molecular flexibility index (Phi) is 6.81. The van der Waals surface area contributed by atoms with Crippen molar-refractivity contribution in [2.24, 2.45) is 0 Å². The van der Waals surface area contributed by atoms with Gasteiger partial charge in [-0.1, -0.05) is 30.3 Å². The van der Waals surface area contributed by atoms with Crippen LogP contribution < -0.4 is 15.6 Å². The number of nitrogens with zero attached hydrogens (tertiary/aromatic N) is 4. The number of halogens is 1. The van der Waals surface area contributed by atoms with Crippen molar-refractivity contribution in [3.8, 4) is 28.3 Å². The van der Waals surface area contributed by atoms with E-state index in [-0.39, 0.29) is 30.1 Å². The number of hydrogen-bond acceptors (Lipinski definition) is 5. The van der Waals surface area contributed by atoms with Crippen molar-refractivity contribution in [2.45, 2.75) is 38.8 Å². The number of aromatic nitrogens is 4. The van der Waals surface area contributed by atoms with Crippen LogP contribution in [0.25, 0.3) is 28.0 Å². The van der Waals surface area contributed by atoms with Crippen LogP contribution in [-0.4, -0.2) is 38.6 Å². The number of pyridine rings is 1. The summed E-state index contributed by atoms with van der Waals surface area (Å²) in [6, 6.07) is 17.4. The number of ether oxygens (including phenoxy) is 1. The van der Waals surface area contributed by atoms with Gasteiger partial charge in [0.25, 0.3) is 5.56 Å². The number of rotatable bonds is 5. The Bertz CT molecular complexity index is 1290. The topological polar surface area (TPSA) is 73.5 Å². The van der Waals surface area contributed by atoms with Crippen LogP contribution in [-0.2, 0) is 0 Å². The summed E-state index contributed by atoms with van der Waals surface area (Å²) in [5.74, 6) is 0.822. The van der Waals surface area contributed by atoms with E-state index in [0.29, 0.717) is 5.69 Å². The van der Waals surface area contributed by atoms with Crippen molar-refractivity contribution in [3.05, 3.63) is 71.1 Å². The van der Waals surface area contributed by atoms with E-state index in [0.717, 1.165) is 54.0 Å². The van der Waals surface area contributed by atoms with Gasteiger partial charge in [-0.2, -0.15) is 10.2 Å². The second kappa shape index (κ2) is 9.77. The molecule has 0 atom stereocenters. The lowest BCUT2D eigenvalue weighted by Gasteiger charge is -2.23. The van der Waals surface area contributed by atoms with Gasteiger partial charge in [-0.05, 0) is 51.9 Å². The van der Waals surface area contributed by atoms with Crippen molar-refractivity contribution >= 4 is 17.9 Å².